The van der Waals surface area contributed by atoms with Gasteiger partial charge in [-0.3, -0.25) is 4.90 Å². The number of imidazole rings is 1. The molecule has 0 bridgehead atoms. The SMILES string of the molecule is CCc1nnc(CN2CCC(n3c(C)nc4c3CCCC4)C2)s1. The number of rotatable bonds is 4. The van der Waals surface area contributed by atoms with Crippen LogP contribution in [-0.2, 0) is 25.8 Å². The van der Waals surface area contributed by atoms with Crippen molar-refractivity contribution in [2.24, 2.45) is 0 Å². The summed E-state index contributed by atoms with van der Waals surface area (Å²) in [5, 5.41) is 10.9. The molecule has 0 N–H and O–H groups in total. The van der Waals surface area contributed by atoms with Crippen LogP contribution in [0.15, 0.2) is 0 Å². The molecule has 2 aliphatic rings. The topological polar surface area (TPSA) is 46.8 Å². The Hall–Kier alpha value is -1.27. The second kappa shape index (κ2) is 6.32. The first-order chi connectivity index (χ1) is 11.2. The van der Waals surface area contributed by atoms with Crippen LogP contribution in [0.25, 0.3) is 0 Å². The van der Waals surface area contributed by atoms with Gasteiger partial charge in [0.15, 0.2) is 0 Å². The summed E-state index contributed by atoms with van der Waals surface area (Å²) in [6, 6.07) is 0.586. The Bertz CT molecular complexity index is 689. The van der Waals surface area contributed by atoms with E-state index >= 15 is 0 Å². The van der Waals surface area contributed by atoms with E-state index in [9.17, 15) is 0 Å². The molecule has 1 aliphatic carbocycles. The van der Waals surface area contributed by atoms with Crippen LogP contribution >= 0.6 is 11.3 Å². The van der Waals surface area contributed by atoms with Crippen LogP contribution in [0.1, 0.15) is 59.5 Å². The van der Waals surface area contributed by atoms with Crippen molar-refractivity contribution in [1.29, 1.82) is 0 Å². The van der Waals surface area contributed by atoms with Gasteiger partial charge in [-0.05, 0) is 45.4 Å². The van der Waals surface area contributed by atoms with E-state index in [0.29, 0.717) is 6.04 Å². The summed E-state index contributed by atoms with van der Waals surface area (Å²) in [5.74, 6) is 1.22. The second-order valence-corrected chi connectivity index (χ2v) is 7.90. The summed E-state index contributed by atoms with van der Waals surface area (Å²) in [6.45, 7) is 7.53. The van der Waals surface area contributed by atoms with Crippen LogP contribution in [0.5, 0.6) is 0 Å². The molecule has 1 unspecified atom stereocenters. The predicted molar refractivity (Wildman–Crippen MR) is 91.8 cm³/mol. The van der Waals surface area contributed by atoms with Crippen molar-refractivity contribution in [2.75, 3.05) is 13.1 Å². The van der Waals surface area contributed by atoms with Gasteiger partial charge in [-0.15, -0.1) is 21.5 Å². The number of aromatic nitrogens is 4. The number of aryl methyl sites for hydroxylation is 3. The van der Waals surface area contributed by atoms with E-state index in [2.05, 4.69) is 33.5 Å². The zero-order chi connectivity index (χ0) is 15.8. The molecule has 3 heterocycles. The monoisotopic (exact) mass is 331 g/mol. The molecular formula is C17H25N5S. The molecule has 4 rings (SSSR count). The molecular weight excluding hydrogens is 306 g/mol. The average molecular weight is 331 g/mol. The van der Waals surface area contributed by atoms with Crippen LogP contribution < -0.4 is 0 Å². The van der Waals surface area contributed by atoms with Crippen molar-refractivity contribution in [3.05, 3.63) is 27.2 Å². The fraction of sp³-hybridized carbons (Fsp3) is 0.706. The molecule has 2 aromatic heterocycles. The Balaban J connectivity index is 1.47. The van der Waals surface area contributed by atoms with Gasteiger partial charge in [0.25, 0.3) is 0 Å². The maximum absolute atomic E-state index is 4.84. The summed E-state index contributed by atoms with van der Waals surface area (Å²) in [7, 11) is 0. The smallest absolute Gasteiger partial charge is 0.131 e. The van der Waals surface area contributed by atoms with Gasteiger partial charge in [0.05, 0.1) is 12.2 Å². The van der Waals surface area contributed by atoms with Crippen molar-refractivity contribution in [3.8, 4) is 0 Å². The quantitative estimate of drug-likeness (QED) is 0.864. The molecule has 124 valence electrons. The van der Waals surface area contributed by atoms with E-state index < -0.39 is 0 Å². The first-order valence-electron chi connectivity index (χ1n) is 8.84. The third-order valence-corrected chi connectivity index (χ3v) is 6.18. The molecule has 0 spiro atoms. The van der Waals surface area contributed by atoms with Crippen LogP contribution in [-0.4, -0.2) is 37.7 Å². The maximum atomic E-state index is 4.84. The van der Waals surface area contributed by atoms with E-state index in [0.717, 1.165) is 36.1 Å². The number of fused-ring (bicyclic) bond motifs is 1. The standard InChI is InChI=1S/C17H25N5S/c1-3-16-19-20-17(23-16)11-21-9-8-13(10-21)22-12(2)18-14-6-4-5-7-15(14)22/h13H,3-11H2,1-2H3. The zero-order valence-electron chi connectivity index (χ0n) is 14.1. The molecule has 0 aromatic carbocycles. The lowest BCUT2D eigenvalue weighted by Crippen LogP contribution is -2.22. The maximum Gasteiger partial charge on any atom is 0.131 e. The third-order valence-electron chi connectivity index (χ3n) is 5.13. The van der Waals surface area contributed by atoms with Crippen molar-refractivity contribution >= 4 is 11.3 Å². The van der Waals surface area contributed by atoms with Gasteiger partial charge in [-0.1, -0.05) is 6.92 Å². The zero-order valence-corrected chi connectivity index (χ0v) is 14.9. The van der Waals surface area contributed by atoms with E-state index in [-0.39, 0.29) is 0 Å². The van der Waals surface area contributed by atoms with Gasteiger partial charge in [-0.25, -0.2) is 4.98 Å². The summed E-state index contributed by atoms with van der Waals surface area (Å²) >= 11 is 1.76. The van der Waals surface area contributed by atoms with E-state index in [1.165, 1.54) is 49.3 Å². The van der Waals surface area contributed by atoms with Crippen molar-refractivity contribution < 1.29 is 0 Å². The molecule has 23 heavy (non-hydrogen) atoms. The lowest BCUT2D eigenvalue weighted by Gasteiger charge is -2.21. The summed E-state index contributed by atoms with van der Waals surface area (Å²) < 4.78 is 2.55. The predicted octanol–water partition coefficient (Wildman–Crippen LogP) is 2.93. The molecule has 2 aromatic rings. The fourth-order valence-corrected chi connectivity index (χ4v) is 4.86. The van der Waals surface area contributed by atoms with Gasteiger partial charge in [0.1, 0.15) is 15.8 Å². The summed E-state index contributed by atoms with van der Waals surface area (Å²) in [4.78, 5) is 7.37. The number of hydrogen-bond acceptors (Lipinski definition) is 5. The Morgan fingerprint density at radius 1 is 1.17 bits per heavy atom. The highest BCUT2D eigenvalue weighted by Crippen LogP contribution is 2.31. The van der Waals surface area contributed by atoms with E-state index in [1.54, 1.807) is 11.3 Å². The molecule has 1 aliphatic heterocycles. The minimum atomic E-state index is 0.586. The minimum absolute atomic E-state index is 0.586. The van der Waals surface area contributed by atoms with E-state index in [4.69, 9.17) is 4.98 Å². The molecule has 5 nitrogen and oxygen atoms in total. The van der Waals surface area contributed by atoms with Crippen LogP contribution in [0.4, 0.5) is 0 Å². The Morgan fingerprint density at radius 3 is 2.83 bits per heavy atom. The molecule has 0 amide bonds. The second-order valence-electron chi connectivity index (χ2n) is 6.75. The number of nitrogens with zero attached hydrogens (tertiary/aromatic N) is 5. The lowest BCUT2D eigenvalue weighted by atomic mass is 10.0. The lowest BCUT2D eigenvalue weighted by molar-refractivity contribution is 0.312. The van der Waals surface area contributed by atoms with Crippen molar-refractivity contribution in [1.82, 2.24) is 24.6 Å². The van der Waals surface area contributed by atoms with Crippen LogP contribution in [0, 0.1) is 6.92 Å². The van der Waals surface area contributed by atoms with Gasteiger partial charge >= 0.3 is 0 Å². The molecule has 1 fully saturated rings. The fourth-order valence-electron chi connectivity index (χ4n) is 4.04. The first kappa shape index (κ1) is 15.3. The Morgan fingerprint density at radius 2 is 2.00 bits per heavy atom. The van der Waals surface area contributed by atoms with Gasteiger partial charge in [0.2, 0.25) is 0 Å². The van der Waals surface area contributed by atoms with Crippen molar-refractivity contribution in [2.45, 2.75) is 65.0 Å². The summed E-state index contributed by atoms with van der Waals surface area (Å²) in [6.07, 6.45) is 7.22. The van der Waals surface area contributed by atoms with Gasteiger partial charge in [-0.2, -0.15) is 0 Å². The summed E-state index contributed by atoms with van der Waals surface area (Å²) in [5.41, 5.74) is 2.88. The van der Waals surface area contributed by atoms with E-state index in [1.807, 2.05) is 0 Å². The largest absolute Gasteiger partial charge is 0.328 e. The molecule has 0 saturated carbocycles. The molecule has 6 heteroatoms. The Labute approximate surface area is 141 Å². The molecule has 1 atom stereocenters. The first-order valence-corrected chi connectivity index (χ1v) is 9.66. The van der Waals surface area contributed by atoms with Crippen molar-refractivity contribution in [3.63, 3.8) is 0 Å². The third kappa shape index (κ3) is 2.94. The normalized spacial score (nSPS) is 21.7. The average Bonchev–Trinajstić information content (AvgIpc) is 3.25. The van der Waals surface area contributed by atoms with Crippen LogP contribution in [0.3, 0.4) is 0 Å². The Kier molecular flexibility index (Phi) is 4.20. The highest BCUT2D eigenvalue weighted by atomic mass is 32.1. The number of likely N-dealkylation sites (tertiary alicyclic amines) is 1. The highest BCUT2D eigenvalue weighted by Gasteiger charge is 2.29. The van der Waals surface area contributed by atoms with Crippen LogP contribution in [0.2, 0.25) is 0 Å². The number of hydrogen-bond donors (Lipinski definition) is 0. The van der Waals surface area contributed by atoms with Gasteiger partial charge in [0, 0.05) is 24.8 Å². The molecule has 0 radical (unpaired) electrons. The minimum Gasteiger partial charge on any atom is -0.328 e. The molecule has 1 saturated heterocycles. The van der Waals surface area contributed by atoms with Gasteiger partial charge < -0.3 is 4.57 Å². The highest BCUT2D eigenvalue weighted by molar-refractivity contribution is 7.11.